The van der Waals surface area contributed by atoms with E-state index in [-0.39, 0.29) is 4.90 Å². The molecule has 1 aliphatic rings. The quantitative estimate of drug-likeness (QED) is 0.703. The Morgan fingerprint density at radius 1 is 0.833 bits per heavy atom. The fraction of sp³-hybridized carbons (Fsp3) is 0.0526. The van der Waals surface area contributed by atoms with E-state index in [1.54, 1.807) is 18.2 Å². The summed E-state index contributed by atoms with van der Waals surface area (Å²) in [7, 11) is -3.65. The van der Waals surface area contributed by atoms with Crippen molar-refractivity contribution in [3.8, 4) is 11.1 Å². The van der Waals surface area contributed by atoms with Crippen LogP contribution in [0.4, 0.5) is 0 Å². The van der Waals surface area contributed by atoms with Crippen molar-refractivity contribution in [2.24, 2.45) is 0 Å². The molecule has 0 saturated heterocycles. The molecule has 1 unspecified atom stereocenters. The largest absolute Gasteiger partial charge is 0.242 e. The van der Waals surface area contributed by atoms with Crippen molar-refractivity contribution in [2.75, 3.05) is 0 Å². The summed E-state index contributed by atoms with van der Waals surface area (Å²) in [6.07, 6.45) is 0. The van der Waals surface area contributed by atoms with Gasteiger partial charge in [-0.2, -0.15) is 4.72 Å². The third-order valence-corrected chi connectivity index (χ3v) is 5.92. The maximum atomic E-state index is 12.9. The highest BCUT2D eigenvalue weighted by Gasteiger charge is 2.31. The fourth-order valence-electron chi connectivity index (χ4n) is 3.11. The lowest BCUT2D eigenvalue weighted by atomic mass is 9.91. The molecule has 3 nitrogen and oxygen atoms in total. The normalized spacial score (nSPS) is 18.3. The molecule has 5 heteroatoms. The third-order valence-electron chi connectivity index (χ3n) is 4.20. The smallest absolute Gasteiger partial charge is 0.207 e. The van der Waals surface area contributed by atoms with E-state index in [1.807, 2.05) is 54.6 Å². The van der Waals surface area contributed by atoms with Gasteiger partial charge in [0.1, 0.15) is 0 Å². The molecular formula is C19H14ClNO2S. The van der Waals surface area contributed by atoms with Gasteiger partial charge in [0.05, 0.1) is 10.9 Å². The predicted molar refractivity (Wildman–Crippen MR) is 95.5 cm³/mol. The third kappa shape index (κ3) is 2.53. The molecule has 1 N–H and O–H groups in total. The number of halogens is 1. The van der Waals surface area contributed by atoms with Crippen molar-refractivity contribution < 1.29 is 8.42 Å². The van der Waals surface area contributed by atoms with Crippen molar-refractivity contribution in [1.29, 1.82) is 0 Å². The lowest BCUT2D eigenvalue weighted by molar-refractivity contribution is 0.574. The van der Waals surface area contributed by atoms with Crippen molar-refractivity contribution >= 4 is 21.6 Å². The van der Waals surface area contributed by atoms with Crippen molar-refractivity contribution in [3.05, 3.63) is 88.9 Å². The average molecular weight is 356 g/mol. The number of nitrogens with one attached hydrogen (secondary N) is 1. The molecule has 0 saturated carbocycles. The van der Waals surface area contributed by atoms with Crippen LogP contribution in [-0.4, -0.2) is 8.42 Å². The highest BCUT2D eigenvalue weighted by molar-refractivity contribution is 7.89. The van der Waals surface area contributed by atoms with Gasteiger partial charge in [-0.25, -0.2) is 8.42 Å². The number of hydrogen-bond donors (Lipinski definition) is 1. The molecular weight excluding hydrogens is 342 g/mol. The van der Waals surface area contributed by atoms with Crippen LogP contribution in [0.1, 0.15) is 17.2 Å². The molecule has 1 aliphatic heterocycles. The van der Waals surface area contributed by atoms with Crippen LogP contribution in [0.3, 0.4) is 0 Å². The van der Waals surface area contributed by atoms with Crippen LogP contribution in [0.2, 0.25) is 5.02 Å². The first-order valence-corrected chi connectivity index (χ1v) is 9.38. The van der Waals surface area contributed by atoms with Crippen molar-refractivity contribution in [3.63, 3.8) is 0 Å². The number of benzene rings is 3. The van der Waals surface area contributed by atoms with E-state index in [1.165, 1.54) is 0 Å². The zero-order valence-electron chi connectivity index (χ0n) is 12.6. The SMILES string of the molecule is O=S1(=O)NC(c2ccccc2)c2ccc(Cl)cc2-c2ccccc21. The van der Waals surface area contributed by atoms with E-state index >= 15 is 0 Å². The van der Waals surface area contributed by atoms with Crippen molar-refractivity contribution in [1.82, 2.24) is 4.72 Å². The van der Waals surface area contributed by atoms with E-state index in [0.717, 1.165) is 16.7 Å². The van der Waals surface area contributed by atoms with Gasteiger partial charge in [0.15, 0.2) is 0 Å². The van der Waals surface area contributed by atoms with Crippen LogP contribution in [0.5, 0.6) is 0 Å². The minimum atomic E-state index is -3.65. The molecule has 3 aromatic rings. The number of sulfonamides is 1. The van der Waals surface area contributed by atoms with Crippen molar-refractivity contribution in [2.45, 2.75) is 10.9 Å². The van der Waals surface area contributed by atoms with Gasteiger partial charge in [0.25, 0.3) is 0 Å². The van der Waals surface area contributed by atoms with E-state index in [4.69, 9.17) is 11.6 Å². The standard InChI is InChI=1S/C19H14ClNO2S/c20-14-10-11-16-17(12-14)15-8-4-5-9-18(15)24(22,23)21-19(16)13-6-2-1-3-7-13/h1-12,19,21H. The Hall–Kier alpha value is -2.14. The summed E-state index contributed by atoms with van der Waals surface area (Å²) >= 11 is 6.19. The zero-order valence-corrected chi connectivity index (χ0v) is 14.2. The van der Waals surface area contributed by atoms with Gasteiger partial charge in [-0.05, 0) is 34.9 Å². The van der Waals surface area contributed by atoms with Crippen LogP contribution in [0.25, 0.3) is 11.1 Å². The van der Waals surface area contributed by atoms with E-state index in [0.29, 0.717) is 10.6 Å². The van der Waals surface area contributed by atoms with E-state index < -0.39 is 16.1 Å². The molecule has 0 spiro atoms. The van der Waals surface area contributed by atoms with Gasteiger partial charge < -0.3 is 0 Å². The molecule has 1 atom stereocenters. The number of hydrogen-bond acceptors (Lipinski definition) is 2. The first-order chi connectivity index (χ1) is 11.6. The van der Waals surface area contributed by atoms with Gasteiger partial charge in [0.2, 0.25) is 10.0 Å². The average Bonchev–Trinajstić information content (AvgIpc) is 2.69. The molecule has 0 fully saturated rings. The van der Waals surface area contributed by atoms with E-state index in [2.05, 4.69) is 4.72 Å². The Kier molecular flexibility index (Phi) is 3.68. The molecule has 0 radical (unpaired) electrons. The summed E-state index contributed by atoms with van der Waals surface area (Å²) in [6.45, 7) is 0. The van der Waals surface area contributed by atoms with Crippen LogP contribution in [-0.2, 0) is 10.0 Å². The number of fused-ring (bicyclic) bond motifs is 3. The molecule has 0 bridgehead atoms. The highest BCUT2D eigenvalue weighted by Crippen LogP contribution is 2.40. The second-order valence-electron chi connectivity index (χ2n) is 5.69. The molecule has 0 aliphatic carbocycles. The van der Waals surface area contributed by atoms with Crippen LogP contribution in [0.15, 0.2) is 77.7 Å². The summed E-state index contributed by atoms with van der Waals surface area (Å²) in [4.78, 5) is 0.270. The summed E-state index contributed by atoms with van der Waals surface area (Å²) in [5.74, 6) is 0. The zero-order chi connectivity index (χ0) is 16.7. The van der Waals surface area contributed by atoms with Crippen LogP contribution < -0.4 is 4.72 Å². The van der Waals surface area contributed by atoms with Gasteiger partial charge >= 0.3 is 0 Å². The summed E-state index contributed by atoms with van der Waals surface area (Å²) in [5, 5.41) is 0.578. The fourth-order valence-corrected chi connectivity index (χ4v) is 4.71. The Morgan fingerprint density at radius 3 is 2.33 bits per heavy atom. The predicted octanol–water partition coefficient (Wildman–Crippen LogP) is 4.39. The Balaban J connectivity index is 2.06. The Labute approximate surface area is 146 Å². The Bertz CT molecular complexity index is 1020. The summed E-state index contributed by atoms with van der Waals surface area (Å²) < 4.78 is 28.6. The molecule has 120 valence electrons. The monoisotopic (exact) mass is 355 g/mol. The lowest BCUT2D eigenvalue weighted by Crippen LogP contribution is -2.28. The van der Waals surface area contributed by atoms with Gasteiger partial charge in [-0.3, -0.25) is 0 Å². The topological polar surface area (TPSA) is 46.2 Å². The highest BCUT2D eigenvalue weighted by atomic mass is 35.5. The molecule has 1 heterocycles. The minimum Gasteiger partial charge on any atom is -0.207 e. The first kappa shape index (κ1) is 15.4. The molecule has 0 amide bonds. The molecule has 3 aromatic carbocycles. The maximum absolute atomic E-state index is 12.9. The Morgan fingerprint density at radius 2 is 1.54 bits per heavy atom. The number of rotatable bonds is 1. The van der Waals surface area contributed by atoms with Crippen LogP contribution >= 0.6 is 11.6 Å². The summed E-state index contributed by atoms with van der Waals surface area (Å²) in [6, 6.07) is 21.6. The molecule has 0 aromatic heterocycles. The second kappa shape index (κ2) is 5.74. The molecule has 4 rings (SSSR count). The van der Waals surface area contributed by atoms with Gasteiger partial charge in [-0.1, -0.05) is 66.2 Å². The first-order valence-electron chi connectivity index (χ1n) is 7.52. The minimum absolute atomic E-state index is 0.270. The van der Waals surface area contributed by atoms with E-state index in [9.17, 15) is 8.42 Å². The van der Waals surface area contributed by atoms with Gasteiger partial charge in [-0.15, -0.1) is 0 Å². The van der Waals surface area contributed by atoms with Gasteiger partial charge in [0, 0.05) is 10.6 Å². The summed E-state index contributed by atoms with van der Waals surface area (Å²) in [5.41, 5.74) is 3.28. The maximum Gasteiger partial charge on any atom is 0.242 e. The molecule has 24 heavy (non-hydrogen) atoms. The lowest BCUT2D eigenvalue weighted by Gasteiger charge is -2.19. The van der Waals surface area contributed by atoms with Crippen LogP contribution in [0, 0.1) is 0 Å². The second-order valence-corrected chi connectivity index (χ2v) is 7.81.